The lowest BCUT2D eigenvalue weighted by Crippen LogP contribution is -2.43. The average Bonchev–Trinajstić information content (AvgIpc) is 3.17. The minimum atomic E-state index is -0.376. The second-order valence-electron chi connectivity index (χ2n) is 7.97. The number of aliphatic hydroxyl groups is 1. The Balaban J connectivity index is 1.63. The quantitative estimate of drug-likeness (QED) is 0.541. The number of benzene rings is 1. The van der Waals surface area contributed by atoms with E-state index in [-0.39, 0.29) is 11.9 Å². The lowest BCUT2D eigenvalue weighted by molar-refractivity contribution is 0.0286. The lowest BCUT2D eigenvalue weighted by Gasteiger charge is -2.31. The smallest absolute Gasteiger partial charge is 0.123 e. The number of aliphatic hydroxyl groups excluding tert-OH is 1. The molecule has 1 aliphatic heterocycles. The van der Waals surface area contributed by atoms with Crippen LogP contribution in [0.5, 0.6) is 0 Å². The van der Waals surface area contributed by atoms with E-state index in [9.17, 15) is 9.50 Å². The molecule has 1 aromatic carbocycles. The molecule has 0 bridgehead atoms. The van der Waals surface area contributed by atoms with Crippen molar-refractivity contribution < 1.29 is 14.2 Å². The van der Waals surface area contributed by atoms with Crippen molar-refractivity contribution >= 4 is 0 Å². The summed E-state index contributed by atoms with van der Waals surface area (Å²) in [7, 11) is 0. The molecule has 1 aliphatic rings. The molecule has 1 unspecified atom stereocenters. The normalized spacial score (nSPS) is 16.1. The summed E-state index contributed by atoms with van der Waals surface area (Å²) in [6, 6.07) is 10.9. The maximum atomic E-state index is 13.6. The summed E-state index contributed by atoms with van der Waals surface area (Å²) in [6.07, 6.45) is 5.05. The number of aromatic nitrogens is 1. The number of hydrogen-bond acceptors (Lipinski definition) is 4. The molecular weight excluding hydrogens is 381 g/mol. The molecule has 30 heavy (non-hydrogen) atoms. The molecule has 5 nitrogen and oxygen atoms in total. The first kappa shape index (κ1) is 22.7. The summed E-state index contributed by atoms with van der Waals surface area (Å²) < 4.78 is 21.2. The van der Waals surface area contributed by atoms with Crippen LogP contribution >= 0.6 is 0 Å². The van der Waals surface area contributed by atoms with Crippen LogP contribution in [0, 0.1) is 5.82 Å². The number of morpholine rings is 1. The fourth-order valence-corrected chi connectivity index (χ4v) is 3.85. The van der Waals surface area contributed by atoms with Crippen LogP contribution in [-0.4, -0.2) is 71.5 Å². The van der Waals surface area contributed by atoms with Crippen LogP contribution in [0.3, 0.4) is 0 Å². The highest BCUT2D eigenvalue weighted by Crippen LogP contribution is 2.13. The zero-order valence-corrected chi connectivity index (χ0v) is 17.8. The Morgan fingerprint density at radius 3 is 2.83 bits per heavy atom. The van der Waals surface area contributed by atoms with Gasteiger partial charge in [0.15, 0.2) is 0 Å². The van der Waals surface area contributed by atoms with E-state index in [1.54, 1.807) is 12.1 Å². The first-order chi connectivity index (χ1) is 14.6. The number of allylic oxidation sites excluding steroid dienone is 1. The lowest BCUT2D eigenvalue weighted by atomic mass is 10.1. The van der Waals surface area contributed by atoms with E-state index in [4.69, 9.17) is 4.74 Å². The predicted molar refractivity (Wildman–Crippen MR) is 118 cm³/mol. The van der Waals surface area contributed by atoms with Crippen LogP contribution in [0.25, 0.3) is 0 Å². The summed E-state index contributed by atoms with van der Waals surface area (Å²) in [6.45, 7) is 11.1. The van der Waals surface area contributed by atoms with Crippen molar-refractivity contribution in [2.24, 2.45) is 0 Å². The third kappa shape index (κ3) is 7.36. The van der Waals surface area contributed by atoms with Crippen molar-refractivity contribution in [2.45, 2.75) is 32.0 Å². The summed E-state index contributed by atoms with van der Waals surface area (Å²) in [5.41, 5.74) is 2.11. The minimum absolute atomic E-state index is 0.210. The van der Waals surface area contributed by atoms with Gasteiger partial charge in [-0.1, -0.05) is 18.2 Å². The molecular formula is C24H34FN3O2. The Morgan fingerprint density at radius 2 is 2.07 bits per heavy atom. The second kappa shape index (κ2) is 12.0. The third-order valence-corrected chi connectivity index (χ3v) is 5.56. The van der Waals surface area contributed by atoms with Crippen molar-refractivity contribution in [3.05, 3.63) is 72.3 Å². The van der Waals surface area contributed by atoms with Crippen LogP contribution < -0.4 is 0 Å². The van der Waals surface area contributed by atoms with E-state index in [1.165, 1.54) is 6.07 Å². The molecule has 2 heterocycles. The summed E-state index contributed by atoms with van der Waals surface area (Å²) in [5.74, 6) is -0.210. The van der Waals surface area contributed by atoms with Gasteiger partial charge >= 0.3 is 0 Å². The van der Waals surface area contributed by atoms with E-state index in [2.05, 4.69) is 27.0 Å². The van der Waals surface area contributed by atoms with Gasteiger partial charge in [-0.3, -0.25) is 9.80 Å². The Hall–Kier alpha value is -1.99. The first-order valence-electron chi connectivity index (χ1n) is 10.8. The van der Waals surface area contributed by atoms with Crippen molar-refractivity contribution in [2.75, 3.05) is 45.9 Å². The molecule has 1 aromatic heterocycles. The Bertz CT molecular complexity index is 773. The highest BCUT2D eigenvalue weighted by molar-refractivity contribution is 5.19. The van der Waals surface area contributed by atoms with Gasteiger partial charge in [-0.25, -0.2) is 4.39 Å². The number of hydrogen-bond donors (Lipinski definition) is 1. The molecule has 164 valence electrons. The van der Waals surface area contributed by atoms with Gasteiger partial charge in [-0.2, -0.15) is 0 Å². The van der Waals surface area contributed by atoms with Gasteiger partial charge in [0, 0.05) is 57.7 Å². The van der Waals surface area contributed by atoms with Crippen molar-refractivity contribution in [1.29, 1.82) is 0 Å². The van der Waals surface area contributed by atoms with E-state index in [1.807, 2.05) is 24.4 Å². The molecule has 3 rings (SSSR count). The van der Waals surface area contributed by atoms with Gasteiger partial charge in [0.1, 0.15) is 5.82 Å². The highest BCUT2D eigenvalue weighted by atomic mass is 19.1. The van der Waals surface area contributed by atoms with Gasteiger partial charge in [0.05, 0.1) is 19.3 Å². The third-order valence-electron chi connectivity index (χ3n) is 5.56. The van der Waals surface area contributed by atoms with E-state index in [0.29, 0.717) is 13.1 Å². The zero-order chi connectivity index (χ0) is 21.2. The van der Waals surface area contributed by atoms with Crippen molar-refractivity contribution in [1.82, 2.24) is 14.4 Å². The molecule has 0 spiro atoms. The topological polar surface area (TPSA) is 40.9 Å². The van der Waals surface area contributed by atoms with Gasteiger partial charge < -0.3 is 14.4 Å². The second-order valence-corrected chi connectivity index (χ2v) is 7.97. The summed E-state index contributed by atoms with van der Waals surface area (Å²) in [4.78, 5) is 4.74. The molecule has 0 radical (unpaired) electrons. The maximum absolute atomic E-state index is 13.6. The molecule has 0 aliphatic carbocycles. The molecule has 1 saturated heterocycles. The fraction of sp³-hybridized carbons (Fsp3) is 0.500. The Morgan fingerprint density at radius 1 is 1.23 bits per heavy atom. The number of nitrogens with zero attached hydrogens (tertiary/aromatic N) is 3. The monoisotopic (exact) mass is 415 g/mol. The molecule has 1 atom stereocenters. The van der Waals surface area contributed by atoms with Crippen LogP contribution in [0.2, 0.25) is 0 Å². The van der Waals surface area contributed by atoms with Gasteiger partial charge in [0.2, 0.25) is 0 Å². The van der Waals surface area contributed by atoms with Gasteiger partial charge in [-0.15, -0.1) is 6.58 Å². The van der Waals surface area contributed by atoms with E-state index in [0.717, 1.165) is 70.0 Å². The maximum Gasteiger partial charge on any atom is 0.123 e. The van der Waals surface area contributed by atoms with Crippen LogP contribution in [0.4, 0.5) is 4.39 Å². The Kier molecular flexibility index (Phi) is 9.08. The van der Waals surface area contributed by atoms with Crippen molar-refractivity contribution in [3.8, 4) is 0 Å². The van der Waals surface area contributed by atoms with Crippen molar-refractivity contribution in [3.63, 3.8) is 0 Å². The SMILES string of the molecule is C=CCCC(O)CN(CCN1CCOCC1)Cc1cccn1Cc1cccc(F)c1. The Labute approximate surface area is 179 Å². The van der Waals surface area contributed by atoms with Crippen LogP contribution in [0.1, 0.15) is 24.1 Å². The number of rotatable bonds is 12. The molecule has 1 N–H and O–H groups in total. The largest absolute Gasteiger partial charge is 0.392 e. The number of halogens is 1. The first-order valence-corrected chi connectivity index (χ1v) is 10.8. The van der Waals surface area contributed by atoms with E-state index < -0.39 is 0 Å². The molecule has 0 amide bonds. The standard InChI is InChI=1S/C24H34FN3O2/c1-2-3-9-24(29)20-27(12-11-26-13-15-30-16-14-26)19-23-8-5-10-28(23)18-21-6-4-7-22(25)17-21/h2,4-8,10,17,24,29H,1,3,9,11-16,18-20H2. The number of ether oxygens (including phenoxy) is 1. The van der Waals surface area contributed by atoms with Crippen LogP contribution in [0.15, 0.2) is 55.3 Å². The summed E-state index contributed by atoms with van der Waals surface area (Å²) in [5, 5.41) is 10.5. The molecule has 2 aromatic rings. The van der Waals surface area contributed by atoms with Gasteiger partial charge in [-0.05, 0) is 42.7 Å². The zero-order valence-electron chi connectivity index (χ0n) is 17.8. The molecule has 1 fully saturated rings. The fourth-order valence-electron chi connectivity index (χ4n) is 3.85. The van der Waals surface area contributed by atoms with Gasteiger partial charge in [0.25, 0.3) is 0 Å². The predicted octanol–water partition coefficient (Wildman–Crippen LogP) is 3.14. The van der Waals surface area contributed by atoms with E-state index >= 15 is 0 Å². The highest BCUT2D eigenvalue weighted by Gasteiger charge is 2.17. The summed E-state index contributed by atoms with van der Waals surface area (Å²) >= 11 is 0. The minimum Gasteiger partial charge on any atom is -0.392 e. The molecule has 6 heteroatoms. The molecule has 0 saturated carbocycles. The van der Waals surface area contributed by atoms with Crippen LogP contribution in [-0.2, 0) is 17.8 Å². The average molecular weight is 416 g/mol.